The molecule has 0 aromatic carbocycles. The highest BCUT2D eigenvalue weighted by atomic mass is 28.4. The fourth-order valence-corrected chi connectivity index (χ4v) is 3.25. The molecule has 0 spiro atoms. The van der Waals surface area contributed by atoms with Crippen LogP contribution >= 0.6 is 0 Å². The van der Waals surface area contributed by atoms with Crippen molar-refractivity contribution < 1.29 is 18.8 Å². The van der Waals surface area contributed by atoms with E-state index in [4.69, 9.17) is 9.16 Å². The molecule has 1 aliphatic rings. The van der Waals surface area contributed by atoms with Crippen molar-refractivity contribution in [3.8, 4) is 0 Å². The van der Waals surface area contributed by atoms with Crippen LogP contribution in [0.5, 0.6) is 0 Å². The minimum Gasteiger partial charge on any atom is -0.441 e. The molecule has 0 radical (unpaired) electrons. The van der Waals surface area contributed by atoms with Gasteiger partial charge < -0.3 is 14.5 Å². The molecule has 1 aliphatic heterocycles. The lowest BCUT2D eigenvalue weighted by Gasteiger charge is -2.44. The first kappa shape index (κ1) is 16.2. The normalized spacial score (nSPS) is 25.3. The Hall–Kier alpha value is -0.883. The highest BCUT2D eigenvalue weighted by molar-refractivity contribution is 6.74. The number of carbonyl (C=O) groups excluding carboxylic acids is 2. The Kier molecular flexibility index (Phi) is 4.46. The van der Waals surface area contributed by atoms with E-state index in [1.807, 2.05) is 6.92 Å². The van der Waals surface area contributed by atoms with Crippen LogP contribution in [0, 0.1) is 5.92 Å². The molecule has 0 aromatic heterocycles. The number of ether oxygens (including phenoxy) is 1. The number of rotatable bonds is 4. The Labute approximate surface area is 116 Å². The van der Waals surface area contributed by atoms with Crippen molar-refractivity contribution in [3.63, 3.8) is 0 Å². The number of esters is 1. The molecule has 1 N–H and O–H groups in total. The number of hydrogen-bond acceptors (Lipinski definition) is 4. The molecule has 1 unspecified atom stereocenters. The van der Waals surface area contributed by atoms with Gasteiger partial charge in [-0.3, -0.25) is 9.59 Å². The summed E-state index contributed by atoms with van der Waals surface area (Å²) >= 11 is 0. The smallest absolute Gasteiger partial charge is 0.304 e. The van der Waals surface area contributed by atoms with Crippen LogP contribution < -0.4 is 5.32 Å². The van der Waals surface area contributed by atoms with E-state index < -0.39 is 26.4 Å². The van der Waals surface area contributed by atoms with Gasteiger partial charge in [0.25, 0.3) is 0 Å². The van der Waals surface area contributed by atoms with Crippen LogP contribution in [-0.2, 0) is 18.8 Å². The first-order chi connectivity index (χ1) is 8.45. The lowest BCUT2D eigenvalue weighted by atomic mass is 9.93. The lowest BCUT2D eigenvalue weighted by molar-refractivity contribution is -0.173. The van der Waals surface area contributed by atoms with Crippen LogP contribution in [0.2, 0.25) is 18.1 Å². The van der Waals surface area contributed by atoms with Crippen molar-refractivity contribution >= 4 is 20.2 Å². The Morgan fingerprint density at radius 3 is 2.26 bits per heavy atom. The highest BCUT2D eigenvalue weighted by Gasteiger charge is 2.49. The molecule has 19 heavy (non-hydrogen) atoms. The van der Waals surface area contributed by atoms with Crippen molar-refractivity contribution in [2.24, 2.45) is 5.92 Å². The average Bonchev–Trinajstić information content (AvgIpc) is 2.12. The van der Waals surface area contributed by atoms with Gasteiger partial charge in [0.05, 0.1) is 6.10 Å². The van der Waals surface area contributed by atoms with E-state index in [-0.39, 0.29) is 17.0 Å². The molecule has 1 amide bonds. The molecule has 0 aliphatic carbocycles. The van der Waals surface area contributed by atoms with Crippen LogP contribution in [0.15, 0.2) is 0 Å². The summed E-state index contributed by atoms with van der Waals surface area (Å²) in [6.07, 6.45) is -0.802. The zero-order valence-electron chi connectivity index (χ0n) is 12.9. The van der Waals surface area contributed by atoms with Crippen molar-refractivity contribution in [3.05, 3.63) is 0 Å². The summed E-state index contributed by atoms with van der Waals surface area (Å²) in [4.78, 5) is 22.6. The molecule has 6 heteroatoms. The lowest BCUT2D eigenvalue weighted by Crippen LogP contribution is -2.65. The summed E-state index contributed by atoms with van der Waals surface area (Å²) in [6, 6.07) is 0. The zero-order chi connectivity index (χ0) is 15.0. The van der Waals surface area contributed by atoms with Gasteiger partial charge in [-0.25, -0.2) is 0 Å². The average molecular weight is 287 g/mol. The number of β-lactam (4-membered cyclic amide) rings is 1. The number of nitrogens with one attached hydrogen (secondary N) is 1. The quantitative estimate of drug-likeness (QED) is 0.488. The second-order valence-corrected chi connectivity index (χ2v) is 11.4. The van der Waals surface area contributed by atoms with Gasteiger partial charge in [-0.1, -0.05) is 20.8 Å². The molecule has 0 saturated carbocycles. The Balaban J connectivity index is 2.69. The van der Waals surface area contributed by atoms with Gasteiger partial charge in [-0.15, -0.1) is 0 Å². The molecule has 1 fully saturated rings. The van der Waals surface area contributed by atoms with Gasteiger partial charge in [0.2, 0.25) is 5.91 Å². The van der Waals surface area contributed by atoms with Crippen LogP contribution in [0.4, 0.5) is 0 Å². The predicted octanol–water partition coefficient (Wildman–Crippen LogP) is 2.03. The first-order valence-electron chi connectivity index (χ1n) is 6.61. The molecule has 3 atom stereocenters. The molecular weight excluding hydrogens is 262 g/mol. The van der Waals surface area contributed by atoms with E-state index >= 15 is 0 Å². The largest absolute Gasteiger partial charge is 0.441 e. The van der Waals surface area contributed by atoms with Gasteiger partial charge in [0.15, 0.2) is 14.5 Å². The summed E-state index contributed by atoms with van der Waals surface area (Å²) in [5.74, 6) is -0.912. The molecule has 0 aromatic rings. The SMILES string of the molecule is CC(=O)OC1NC(=O)[C@@H]1[C@@H](C)O[Si](C)(C)C(C)(C)C. The maximum absolute atomic E-state index is 11.6. The maximum atomic E-state index is 11.6. The Bertz CT molecular complexity index is 375. The standard InChI is InChI=1S/C13H25NO4Si/c1-8(18-19(6,7)13(3,4)5)10-11(16)14-12(10)17-9(2)15/h8,10,12H,1-7H3,(H,14,16)/t8-,10+,12?/m1/s1. The summed E-state index contributed by atoms with van der Waals surface area (Å²) in [5.41, 5.74) is 0. The zero-order valence-corrected chi connectivity index (χ0v) is 13.9. The van der Waals surface area contributed by atoms with E-state index in [9.17, 15) is 9.59 Å². The van der Waals surface area contributed by atoms with Crippen molar-refractivity contribution in [1.29, 1.82) is 0 Å². The van der Waals surface area contributed by atoms with Crippen LogP contribution in [0.3, 0.4) is 0 Å². The van der Waals surface area contributed by atoms with E-state index in [2.05, 4.69) is 39.2 Å². The minimum atomic E-state index is -1.93. The van der Waals surface area contributed by atoms with E-state index in [1.54, 1.807) is 0 Å². The summed E-state index contributed by atoms with van der Waals surface area (Å²) in [7, 11) is -1.93. The van der Waals surface area contributed by atoms with E-state index in [0.29, 0.717) is 0 Å². The summed E-state index contributed by atoms with van der Waals surface area (Å²) in [5, 5.41) is 2.66. The second kappa shape index (κ2) is 5.24. The molecule has 5 nitrogen and oxygen atoms in total. The van der Waals surface area contributed by atoms with Crippen molar-refractivity contribution in [1.82, 2.24) is 5.32 Å². The third-order valence-corrected chi connectivity index (χ3v) is 8.57. The molecule has 0 bridgehead atoms. The number of hydrogen-bond donors (Lipinski definition) is 1. The number of carbonyl (C=O) groups is 2. The van der Waals surface area contributed by atoms with Gasteiger partial charge in [-0.2, -0.15) is 0 Å². The monoisotopic (exact) mass is 287 g/mol. The third kappa shape index (κ3) is 3.57. The Morgan fingerprint density at radius 2 is 1.89 bits per heavy atom. The molecule has 1 heterocycles. The Morgan fingerprint density at radius 1 is 1.37 bits per heavy atom. The third-order valence-electron chi connectivity index (χ3n) is 4.00. The maximum Gasteiger partial charge on any atom is 0.304 e. The molecule has 1 rings (SSSR count). The van der Waals surface area contributed by atoms with Crippen LogP contribution in [0.1, 0.15) is 34.6 Å². The molecule has 110 valence electrons. The summed E-state index contributed by atoms with van der Waals surface area (Å²) in [6.45, 7) is 13.9. The van der Waals surface area contributed by atoms with Crippen LogP contribution in [0.25, 0.3) is 0 Å². The van der Waals surface area contributed by atoms with Gasteiger partial charge in [0, 0.05) is 6.92 Å². The summed E-state index contributed by atoms with van der Waals surface area (Å²) < 4.78 is 11.2. The predicted molar refractivity (Wildman–Crippen MR) is 74.9 cm³/mol. The molecule has 1 saturated heterocycles. The van der Waals surface area contributed by atoms with Gasteiger partial charge in [0.1, 0.15) is 5.92 Å². The topological polar surface area (TPSA) is 64.6 Å². The fraction of sp³-hybridized carbons (Fsp3) is 0.846. The first-order valence-corrected chi connectivity index (χ1v) is 9.52. The van der Waals surface area contributed by atoms with E-state index in [1.165, 1.54) is 6.92 Å². The fourth-order valence-electron chi connectivity index (χ4n) is 1.82. The number of amides is 1. The molecular formula is C13H25NO4Si. The second-order valence-electron chi connectivity index (χ2n) is 6.65. The van der Waals surface area contributed by atoms with Crippen molar-refractivity contribution in [2.75, 3.05) is 0 Å². The van der Waals surface area contributed by atoms with Gasteiger partial charge in [-0.05, 0) is 25.1 Å². The minimum absolute atomic E-state index is 0.0818. The van der Waals surface area contributed by atoms with Gasteiger partial charge >= 0.3 is 5.97 Å². The van der Waals surface area contributed by atoms with Crippen LogP contribution in [-0.4, -0.2) is 32.5 Å². The highest BCUT2D eigenvalue weighted by Crippen LogP contribution is 2.39. The van der Waals surface area contributed by atoms with Crippen molar-refractivity contribution in [2.45, 2.75) is 65.1 Å². The van der Waals surface area contributed by atoms with E-state index in [0.717, 1.165) is 0 Å².